The number of amides is 1. The largest absolute Gasteiger partial charge is 0.465 e. The van der Waals surface area contributed by atoms with Gasteiger partial charge in [-0.1, -0.05) is 37.3 Å². The lowest BCUT2D eigenvalue weighted by Gasteiger charge is -2.08. The molecule has 3 heteroatoms. The summed E-state index contributed by atoms with van der Waals surface area (Å²) in [6, 6.07) is 13.2. The Morgan fingerprint density at radius 3 is 2.63 bits per heavy atom. The maximum atomic E-state index is 12.2. The zero-order valence-corrected chi connectivity index (χ0v) is 10.9. The summed E-state index contributed by atoms with van der Waals surface area (Å²) < 4.78 is 5.28. The van der Waals surface area contributed by atoms with Gasteiger partial charge in [-0.05, 0) is 30.2 Å². The minimum absolute atomic E-state index is 0.0792. The summed E-state index contributed by atoms with van der Waals surface area (Å²) in [4.78, 5) is 12.2. The fourth-order valence-electron chi connectivity index (χ4n) is 1.75. The van der Waals surface area contributed by atoms with Crippen molar-refractivity contribution in [1.82, 2.24) is 5.32 Å². The number of furan rings is 1. The summed E-state index contributed by atoms with van der Waals surface area (Å²) in [5.74, 6) is 0.593. The summed E-state index contributed by atoms with van der Waals surface area (Å²) in [6.45, 7) is 2.69. The average Bonchev–Trinajstić information content (AvgIpc) is 2.96. The maximum Gasteiger partial charge on any atom is 0.252 e. The number of nitrogens with one attached hydrogen (secondary N) is 1. The Morgan fingerprint density at radius 2 is 2.00 bits per heavy atom. The highest BCUT2D eigenvalue weighted by Crippen LogP contribution is 2.18. The molecule has 19 heavy (non-hydrogen) atoms. The van der Waals surface area contributed by atoms with Crippen LogP contribution in [0.3, 0.4) is 0 Å². The van der Waals surface area contributed by atoms with Crippen LogP contribution in [0.25, 0.3) is 11.6 Å². The van der Waals surface area contributed by atoms with Crippen molar-refractivity contribution in [2.75, 3.05) is 6.54 Å². The van der Waals surface area contributed by atoms with Gasteiger partial charge < -0.3 is 9.73 Å². The molecule has 0 spiro atoms. The van der Waals surface area contributed by atoms with E-state index in [1.807, 2.05) is 43.3 Å². The zero-order chi connectivity index (χ0) is 13.5. The first-order valence-corrected chi connectivity index (χ1v) is 6.40. The number of benzene rings is 1. The molecular formula is C16H17NO2. The molecule has 0 fully saturated rings. The zero-order valence-electron chi connectivity index (χ0n) is 10.9. The number of hydrogen-bond acceptors (Lipinski definition) is 2. The predicted molar refractivity (Wildman–Crippen MR) is 76.3 cm³/mol. The van der Waals surface area contributed by atoms with Crippen molar-refractivity contribution in [3.05, 3.63) is 60.1 Å². The molecule has 1 aromatic carbocycles. The molecule has 98 valence electrons. The standard InChI is InChI=1S/C16H17NO2/c1-2-10-17-16(18)15(12-14-9-6-11-19-14)13-7-4-3-5-8-13/h3-9,11-12H,2,10H2,1H3,(H,17,18). The van der Waals surface area contributed by atoms with Crippen LogP contribution in [0.1, 0.15) is 24.7 Å². The third-order valence-corrected chi connectivity index (χ3v) is 2.69. The Balaban J connectivity index is 2.31. The van der Waals surface area contributed by atoms with E-state index >= 15 is 0 Å². The topological polar surface area (TPSA) is 42.2 Å². The van der Waals surface area contributed by atoms with Crippen LogP contribution in [-0.4, -0.2) is 12.5 Å². The van der Waals surface area contributed by atoms with Crippen LogP contribution in [-0.2, 0) is 4.79 Å². The molecule has 0 aliphatic rings. The van der Waals surface area contributed by atoms with Crippen LogP contribution in [0.5, 0.6) is 0 Å². The van der Waals surface area contributed by atoms with Gasteiger partial charge in [-0.3, -0.25) is 4.79 Å². The molecule has 0 aliphatic heterocycles. The first kappa shape index (κ1) is 13.1. The summed E-state index contributed by atoms with van der Waals surface area (Å²) in [7, 11) is 0. The molecule has 2 rings (SSSR count). The van der Waals surface area contributed by atoms with E-state index in [1.54, 1.807) is 18.4 Å². The minimum atomic E-state index is -0.0792. The second kappa shape index (κ2) is 6.59. The van der Waals surface area contributed by atoms with Crippen molar-refractivity contribution in [3.8, 4) is 0 Å². The van der Waals surface area contributed by atoms with Gasteiger partial charge in [0.2, 0.25) is 0 Å². The third kappa shape index (κ3) is 3.58. The van der Waals surface area contributed by atoms with Crippen LogP contribution < -0.4 is 5.32 Å². The average molecular weight is 255 g/mol. The lowest BCUT2D eigenvalue weighted by Crippen LogP contribution is -2.24. The van der Waals surface area contributed by atoms with Crippen LogP contribution in [0.15, 0.2) is 53.1 Å². The first-order valence-electron chi connectivity index (χ1n) is 6.40. The van der Waals surface area contributed by atoms with E-state index in [0.717, 1.165) is 12.0 Å². The normalized spacial score (nSPS) is 11.3. The van der Waals surface area contributed by atoms with E-state index in [0.29, 0.717) is 17.9 Å². The highest BCUT2D eigenvalue weighted by atomic mass is 16.3. The van der Waals surface area contributed by atoms with Crippen molar-refractivity contribution in [2.45, 2.75) is 13.3 Å². The van der Waals surface area contributed by atoms with Gasteiger partial charge in [-0.2, -0.15) is 0 Å². The molecule has 0 radical (unpaired) electrons. The monoisotopic (exact) mass is 255 g/mol. The number of carbonyl (C=O) groups is 1. The van der Waals surface area contributed by atoms with Crippen LogP contribution in [0.2, 0.25) is 0 Å². The van der Waals surface area contributed by atoms with Gasteiger partial charge in [0.25, 0.3) is 5.91 Å². The van der Waals surface area contributed by atoms with Gasteiger partial charge in [0.15, 0.2) is 0 Å². The summed E-state index contributed by atoms with van der Waals surface area (Å²) >= 11 is 0. The molecule has 0 atom stereocenters. The molecule has 1 amide bonds. The van der Waals surface area contributed by atoms with Crippen molar-refractivity contribution in [2.24, 2.45) is 0 Å². The molecule has 1 aromatic heterocycles. The maximum absolute atomic E-state index is 12.2. The van der Waals surface area contributed by atoms with Gasteiger partial charge in [-0.15, -0.1) is 0 Å². The molecule has 0 aliphatic carbocycles. The van der Waals surface area contributed by atoms with Crippen molar-refractivity contribution in [3.63, 3.8) is 0 Å². The lowest BCUT2D eigenvalue weighted by atomic mass is 10.0. The predicted octanol–water partition coefficient (Wildman–Crippen LogP) is 3.35. The van der Waals surface area contributed by atoms with Crippen molar-refractivity contribution in [1.29, 1.82) is 0 Å². The summed E-state index contributed by atoms with van der Waals surface area (Å²) in [5.41, 5.74) is 1.50. The first-order chi connectivity index (χ1) is 9.31. The molecule has 0 saturated carbocycles. The Labute approximate surface area is 112 Å². The minimum Gasteiger partial charge on any atom is -0.465 e. The highest BCUT2D eigenvalue weighted by Gasteiger charge is 2.11. The van der Waals surface area contributed by atoms with Crippen molar-refractivity contribution >= 4 is 17.6 Å². The van der Waals surface area contributed by atoms with Gasteiger partial charge in [0.1, 0.15) is 5.76 Å². The molecule has 0 unspecified atom stereocenters. The number of rotatable bonds is 5. The highest BCUT2D eigenvalue weighted by molar-refractivity contribution is 6.24. The Kier molecular flexibility index (Phi) is 4.56. The Morgan fingerprint density at radius 1 is 1.21 bits per heavy atom. The molecule has 3 nitrogen and oxygen atoms in total. The van der Waals surface area contributed by atoms with Gasteiger partial charge in [0, 0.05) is 6.54 Å². The summed E-state index contributed by atoms with van der Waals surface area (Å²) in [5, 5.41) is 2.89. The van der Waals surface area contributed by atoms with Gasteiger partial charge in [0.05, 0.1) is 11.8 Å². The van der Waals surface area contributed by atoms with Gasteiger partial charge in [-0.25, -0.2) is 0 Å². The second-order valence-corrected chi connectivity index (χ2v) is 4.20. The fourth-order valence-corrected chi connectivity index (χ4v) is 1.75. The van der Waals surface area contributed by atoms with Crippen LogP contribution in [0.4, 0.5) is 0 Å². The Hall–Kier alpha value is -2.29. The Bertz CT molecular complexity index is 541. The van der Waals surface area contributed by atoms with E-state index in [9.17, 15) is 4.79 Å². The third-order valence-electron chi connectivity index (χ3n) is 2.69. The van der Waals surface area contributed by atoms with Crippen molar-refractivity contribution < 1.29 is 9.21 Å². The number of carbonyl (C=O) groups excluding carboxylic acids is 1. The second-order valence-electron chi connectivity index (χ2n) is 4.20. The molecule has 0 saturated heterocycles. The molecule has 2 aromatic rings. The van der Waals surface area contributed by atoms with Gasteiger partial charge >= 0.3 is 0 Å². The molecule has 0 bridgehead atoms. The molecule has 1 N–H and O–H groups in total. The van der Waals surface area contributed by atoms with E-state index < -0.39 is 0 Å². The van der Waals surface area contributed by atoms with Crippen LogP contribution in [0, 0.1) is 0 Å². The van der Waals surface area contributed by atoms with Crippen LogP contribution >= 0.6 is 0 Å². The summed E-state index contributed by atoms with van der Waals surface area (Å²) in [6.07, 6.45) is 4.27. The van der Waals surface area contributed by atoms with E-state index in [4.69, 9.17) is 4.42 Å². The van der Waals surface area contributed by atoms with E-state index in [1.165, 1.54) is 0 Å². The number of hydrogen-bond donors (Lipinski definition) is 1. The lowest BCUT2D eigenvalue weighted by molar-refractivity contribution is -0.115. The fraction of sp³-hybridized carbons (Fsp3) is 0.188. The molecular weight excluding hydrogens is 238 g/mol. The van der Waals surface area contributed by atoms with E-state index in [-0.39, 0.29) is 5.91 Å². The SMILES string of the molecule is CCCNC(=O)C(=Cc1ccco1)c1ccccc1. The smallest absolute Gasteiger partial charge is 0.252 e. The molecule has 1 heterocycles. The van der Waals surface area contributed by atoms with E-state index in [2.05, 4.69) is 5.32 Å². The quantitative estimate of drug-likeness (QED) is 0.832.